The van der Waals surface area contributed by atoms with E-state index in [0.29, 0.717) is 31.1 Å². The lowest BCUT2D eigenvalue weighted by atomic mass is 10.1. The fourth-order valence-corrected chi connectivity index (χ4v) is 3.94. The molecule has 1 N–H and O–H groups in total. The van der Waals surface area contributed by atoms with Crippen LogP contribution in [0.2, 0.25) is 0 Å². The van der Waals surface area contributed by atoms with Gasteiger partial charge in [0, 0.05) is 29.9 Å². The number of thiazole rings is 1. The molecule has 0 saturated heterocycles. The molecular weight excluding hydrogens is 434 g/mol. The Kier molecular flexibility index (Phi) is 7.32. The van der Waals surface area contributed by atoms with E-state index in [1.54, 1.807) is 30.8 Å². The van der Waals surface area contributed by atoms with Crippen LogP contribution in [0, 0.1) is 6.92 Å². The molecular formula is C26H25N3O3S. The third-order valence-electron chi connectivity index (χ3n) is 5.09. The van der Waals surface area contributed by atoms with E-state index in [1.165, 1.54) is 0 Å². The van der Waals surface area contributed by atoms with E-state index < -0.39 is 0 Å². The summed E-state index contributed by atoms with van der Waals surface area (Å²) in [5.74, 6) is 1.24. The van der Waals surface area contributed by atoms with Crippen molar-refractivity contribution in [3.05, 3.63) is 94.1 Å². The Hall–Kier alpha value is -3.71. The number of hydrogen-bond acceptors (Lipinski definition) is 6. The molecule has 0 radical (unpaired) electrons. The summed E-state index contributed by atoms with van der Waals surface area (Å²) in [5, 5.41) is 6.06. The van der Waals surface area contributed by atoms with Crippen LogP contribution in [0.3, 0.4) is 0 Å². The molecule has 0 bridgehead atoms. The molecule has 6 nitrogen and oxygen atoms in total. The third kappa shape index (κ3) is 6.17. The maximum absolute atomic E-state index is 12.4. The van der Waals surface area contributed by atoms with Gasteiger partial charge in [-0.15, -0.1) is 11.3 Å². The molecule has 0 aliphatic heterocycles. The van der Waals surface area contributed by atoms with Crippen molar-refractivity contribution in [2.75, 3.05) is 7.11 Å². The molecule has 4 aromatic rings. The summed E-state index contributed by atoms with van der Waals surface area (Å²) in [6.07, 6.45) is 3.79. The van der Waals surface area contributed by atoms with E-state index in [4.69, 9.17) is 9.47 Å². The largest absolute Gasteiger partial charge is 0.493 e. The van der Waals surface area contributed by atoms with Crippen LogP contribution in [-0.2, 0) is 24.4 Å². The summed E-state index contributed by atoms with van der Waals surface area (Å²) in [5.41, 5.74) is 4.95. The zero-order valence-corrected chi connectivity index (χ0v) is 19.4. The number of ether oxygens (including phenoxy) is 2. The first-order valence-corrected chi connectivity index (χ1v) is 11.5. The van der Waals surface area contributed by atoms with Crippen molar-refractivity contribution in [2.45, 2.75) is 26.5 Å². The highest BCUT2D eigenvalue weighted by molar-refractivity contribution is 7.09. The van der Waals surface area contributed by atoms with E-state index in [9.17, 15) is 4.79 Å². The molecule has 0 aliphatic rings. The molecule has 168 valence electrons. The average molecular weight is 460 g/mol. The van der Waals surface area contributed by atoms with E-state index in [2.05, 4.69) is 15.3 Å². The normalized spacial score (nSPS) is 10.6. The van der Waals surface area contributed by atoms with Crippen LogP contribution in [0.25, 0.3) is 11.3 Å². The quantitative estimate of drug-likeness (QED) is 0.383. The fraction of sp³-hybridized carbons (Fsp3) is 0.192. The number of carbonyl (C=O) groups is 1. The number of carbonyl (C=O) groups excluding carboxylic acids is 1. The smallest absolute Gasteiger partial charge is 0.224 e. The highest BCUT2D eigenvalue weighted by atomic mass is 32.1. The number of benzene rings is 2. The number of nitrogens with one attached hydrogen (secondary N) is 1. The van der Waals surface area contributed by atoms with Gasteiger partial charge in [0.25, 0.3) is 0 Å². The van der Waals surface area contributed by atoms with Gasteiger partial charge in [-0.05, 0) is 47.9 Å². The molecule has 0 spiro atoms. The van der Waals surface area contributed by atoms with Gasteiger partial charge in [0.05, 0.1) is 24.2 Å². The number of hydrogen-bond donors (Lipinski definition) is 1. The average Bonchev–Trinajstić information content (AvgIpc) is 3.29. The second-order valence-electron chi connectivity index (χ2n) is 7.53. The van der Waals surface area contributed by atoms with Crippen molar-refractivity contribution in [3.8, 4) is 22.8 Å². The number of rotatable bonds is 9. The van der Waals surface area contributed by atoms with Crippen LogP contribution in [0.4, 0.5) is 0 Å². The summed E-state index contributed by atoms with van der Waals surface area (Å²) in [6, 6.07) is 17.4. The number of nitrogens with zero attached hydrogens (tertiary/aromatic N) is 2. The maximum atomic E-state index is 12.4. The monoisotopic (exact) mass is 459 g/mol. The van der Waals surface area contributed by atoms with Crippen LogP contribution in [0.15, 0.2) is 72.4 Å². The molecule has 7 heteroatoms. The lowest BCUT2D eigenvalue weighted by Crippen LogP contribution is -2.24. The van der Waals surface area contributed by atoms with Gasteiger partial charge in [-0.1, -0.05) is 30.3 Å². The van der Waals surface area contributed by atoms with E-state index in [0.717, 1.165) is 33.0 Å². The predicted molar refractivity (Wildman–Crippen MR) is 129 cm³/mol. The van der Waals surface area contributed by atoms with Gasteiger partial charge in [-0.25, -0.2) is 4.98 Å². The molecule has 2 heterocycles. The van der Waals surface area contributed by atoms with Gasteiger partial charge >= 0.3 is 0 Å². The van der Waals surface area contributed by atoms with Crippen LogP contribution in [0.5, 0.6) is 11.5 Å². The standard InChI is InChI=1S/C26H25N3O3S/c1-18-29-23(17-33-18)22-6-3-19(4-7-22)14-26(30)28-15-21-5-8-24(25(13-21)31-2)32-16-20-9-11-27-12-10-20/h3-13,17H,14-16H2,1-2H3,(H,28,30). The highest BCUT2D eigenvalue weighted by Crippen LogP contribution is 2.29. The van der Waals surface area contributed by atoms with Crippen LogP contribution >= 0.6 is 11.3 Å². The Morgan fingerprint density at radius 1 is 0.970 bits per heavy atom. The Labute approximate surface area is 197 Å². The van der Waals surface area contributed by atoms with E-state index in [-0.39, 0.29) is 5.91 Å². The van der Waals surface area contributed by atoms with Crippen molar-refractivity contribution < 1.29 is 14.3 Å². The number of aromatic nitrogens is 2. The molecule has 2 aromatic carbocycles. The maximum Gasteiger partial charge on any atom is 0.224 e. The van der Waals surface area contributed by atoms with Crippen LogP contribution < -0.4 is 14.8 Å². The summed E-state index contributed by atoms with van der Waals surface area (Å²) >= 11 is 1.63. The lowest BCUT2D eigenvalue weighted by molar-refractivity contribution is -0.120. The molecule has 0 aliphatic carbocycles. The van der Waals surface area contributed by atoms with Crippen molar-refractivity contribution in [2.24, 2.45) is 0 Å². The number of amides is 1. The second-order valence-corrected chi connectivity index (χ2v) is 8.59. The van der Waals surface area contributed by atoms with Gasteiger partial charge in [0.2, 0.25) is 5.91 Å². The molecule has 2 aromatic heterocycles. The van der Waals surface area contributed by atoms with Gasteiger partial charge in [-0.3, -0.25) is 9.78 Å². The summed E-state index contributed by atoms with van der Waals surface area (Å²) in [7, 11) is 1.60. The minimum Gasteiger partial charge on any atom is -0.493 e. The summed E-state index contributed by atoms with van der Waals surface area (Å²) in [6.45, 7) is 2.83. The summed E-state index contributed by atoms with van der Waals surface area (Å²) in [4.78, 5) is 20.9. The van der Waals surface area contributed by atoms with Gasteiger partial charge < -0.3 is 14.8 Å². The van der Waals surface area contributed by atoms with Gasteiger partial charge in [-0.2, -0.15) is 0 Å². The molecule has 1 amide bonds. The number of methoxy groups -OCH3 is 1. The van der Waals surface area contributed by atoms with Gasteiger partial charge in [0.1, 0.15) is 6.61 Å². The van der Waals surface area contributed by atoms with E-state index in [1.807, 2.05) is 66.9 Å². The van der Waals surface area contributed by atoms with Crippen molar-refractivity contribution in [1.82, 2.24) is 15.3 Å². The topological polar surface area (TPSA) is 73.3 Å². The SMILES string of the molecule is COc1cc(CNC(=O)Cc2ccc(-c3csc(C)n3)cc2)ccc1OCc1ccncc1. The Balaban J connectivity index is 1.30. The first-order valence-electron chi connectivity index (χ1n) is 10.6. The highest BCUT2D eigenvalue weighted by Gasteiger charge is 2.09. The van der Waals surface area contributed by atoms with Crippen molar-refractivity contribution >= 4 is 17.2 Å². The van der Waals surface area contributed by atoms with Gasteiger partial charge in [0.15, 0.2) is 11.5 Å². The molecule has 4 rings (SSSR count). The Bertz CT molecular complexity index is 1210. The minimum absolute atomic E-state index is 0.0377. The number of pyridine rings is 1. The lowest BCUT2D eigenvalue weighted by Gasteiger charge is -2.13. The second kappa shape index (κ2) is 10.7. The predicted octanol–water partition coefficient (Wildman–Crippen LogP) is 4.96. The number of aryl methyl sites for hydroxylation is 1. The molecule has 0 fully saturated rings. The molecule has 0 unspecified atom stereocenters. The Morgan fingerprint density at radius 2 is 1.73 bits per heavy atom. The molecule has 0 atom stereocenters. The third-order valence-corrected chi connectivity index (χ3v) is 5.87. The van der Waals surface area contributed by atoms with E-state index >= 15 is 0 Å². The van der Waals surface area contributed by atoms with Crippen molar-refractivity contribution in [1.29, 1.82) is 0 Å². The first-order chi connectivity index (χ1) is 16.1. The van der Waals surface area contributed by atoms with Crippen molar-refractivity contribution in [3.63, 3.8) is 0 Å². The first kappa shape index (κ1) is 22.5. The Morgan fingerprint density at radius 3 is 2.42 bits per heavy atom. The minimum atomic E-state index is -0.0377. The zero-order chi connectivity index (χ0) is 23.0. The molecule has 33 heavy (non-hydrogen) atoms. The fourth-order valence-electron chi connectivity index (χ4n) is 3.32. The zero-order valence-electron chi connectivity index (χ0n) is 18.6. The molecule has 0 saturated carbocycles. The van der Waals surface area contributed by atoms with Crippen LogP contribution in [-0.4, -0.2) is 23.0 Å². The summed E-state index contributed by atoms with van der Waals surface area (Å²) < 4.78 is 11.3. The van der Waals surface area contributed by atoms with Crippen LogP contribution in [0.1, 0.15) is 21.7 Å².